The van der Waals surface area contributed by atoms with Gasteiger partial charge in [-0.1, -0.05) is 24.3 Å². The molecule has 0 radical (unpaired) electrons. The van der Waals surface area contributed by atoms with Crippen LogP contribution in [0.15, 0.2) is 42.5 Å². The number of rotatable bonds is 7. The maximum Gasteiger partial charge on any atom is 0.123 e. The van der Waals surface area contributed by atoms with Gasteiger partial charge in [0.15, 0.2) is 0 Å². The van der Waals surface area contributed by atoms with Crippen molar-refractivity contribution in [2.45, 2.75) is 42.2 Å². The van der Waals surface area contributed by atoms with Crippen molar-refractivity contribution in [1.29, 1.82) is 0 Å². The molecule has 2 aromatic rings. The van der Waals surface area contributed by atoms with Crippen molar-refractivity contribution in [2.24, 2.45) is 0 Å². The lowest BCUT2D eigenvalue weighted by molar-refractivity contribution is -0.0701. The quantitative estimate of drug-likeness (QED) is 0.543. The van der Waals surface area contributed by atoms with E-state index in [2.05, 4.69) is 0 Å². The monoisotopic (exact) mass is 420 g/mol. The van der Waals surface area contributed by atoms with Gasteiger partial charge >= 0.3 is 0 Å². The molecule has 158 valence electrons. The summed E-state index contributed by atoms with van der Waals surface area (Å²) in [7, 11) is 1.56. The summed E-state index contributed by atoms with van der Waals surface area (Å²) in [5.74, 6) is 1.42. The van der Waals surface area contributed by atoms with E-state index in [-0.39, 0.29) is 6.61 Å². The molecule has 1 heterocycles. The van der Waals surface area contributed by atoms with E-state index in [4.69, 9.17) is 9.47 Å². The summed E-state index contributed by atoms with van der Waals surface area (Å²) >= 11 is 1.25. The molecule has 1 aliphatic rings. The lowest BCUT2D eigenvalue weighted by Crippen LogP contribution is -2.51. The second-order valence-electron chi connectivity index (χ2n) is 7.08. The minimum atomic E-state index is -1.34. The third-order valence-corrected chi connectivity index (χ3v) is 6.74. The van der Waals surface area contributed by atoms with Gasteiger partial charge in [-0.3, -0.25) is 0 Å². The zero-order valence-corrected chi connectivity index (χ0v) is 17.4. The molecule has 3 rings (SSSR count). The van der Waals surface area contributed by atoms with Crippen LogP contribution in [0.3, 0.4) is 0 Å². The van der Waals surface area contributed by atoms with Crippen LogP contribution in [0.5, 0.6) is 11.5 Å². The van der Waals surface area contributed by atoms with E-state index in [0.717, 1.165) is 22.4 Å². The van der Waals surface area contributed by atoms with Crippen LogP contribution in [0.1, 0.15) is 28.9 Å². The molecule has 0 unspecified atom stereocenters. The summed E-state index contributed by atoms with van der Waals surface area (Å²) in [6.07, 6.45) is -3.01. The first-order valence-corrected chi connectivity index (χ1v) is 10.6. The van der Waals surface area contributed by atoms with Crippen molar-refractivity contribution in [3.63, 3.8) is 0 Å². The van der Waals surface area contributed by atoms with Gasteiger partial charge in [-0.2, -0.15) is 0 Å². The van der Waals surface area contributed by atoms with E-state index < -0.39 is 28.8 Å². The zero-order chi connectivity index (χ0) is 21.0. The fourth-order valence-electron chi connectivity index (χ4n) is 3.58. The first-order chi connectivity index (χ1) is 14.0. The Morgan fingerprint density at radius 2 is 1.62 bits per heavy atom. The number of aliphatic hydroxyl groups excluding tert-OH is 4. The first-order valence-electron chi connectivity index (χ1n) is 9.67. The van der Waals surface area contributed by atoms with Crippen LogP contribution in [0.25, 0.3) is 0 Å². The van der Waals surface area contributed by atoms with E-state index in [1.807, 2.05) is 49.4 Å². The Kier molecular flexibility index (Phi) is 7.43. The molecular formula is C22H28O6S. The standard InChI is InChI=1S/C22H28O6S/c1-3-28-15-7-4-13(5-8-15)10-14-6-9-17(27-2)16(11-14)22-21(26)20(25)19(24)18(12-23)29-22/h4-9,11,18-26H,3,10,12H2,1-2H3/t18-,19-,20+,21-,22+/m1/s1. The maximum atomic E-state index is 10.6. The molecule has 0 saturated carbocycles. The van der Waals surface area contributed by atoms with Crippen LogP contribution in [0.2, 0.25) is 0 Å². The van der Waals surface area contributed by atoms with Gasteiger partial charge in [0.2, 0.25) is 0 Å². The van der Waals surface area contributed by atoms with Gasteiger partial charge < -0.3 is 29.9 Å². The minimum Gasteiger partial charge on any atom is -0.496 e. The Morgan fingerprint density at radius 1 is 0.931 bits per heavy atom. The summed E-state index contributed by atoms with van der Waals surface area (Å²) in [5, 5.41) is 39.3. The fraction of sp³-hybridized carbons (Fsp3) is 0.455. The number of ether oxygens (including phenoxy) is 2. The Bertz CT molecular complexity index is 794. The Balaban J connectivity index is 1.86. The third-order valence-electron chi connectivity index (χ3n) is 5.14. The molecule has 6 nitrogen and oxygen atoms in total. The molecule has 7 heteroatoms. The highest BCUT2D eigenvalue weighted by Gasteiger charge is 2.44. The molecule has 1 aliphatic heterocycles. The molecule has 0 aliphatic carbocycles. The first kappa shape index (κ1) is 21.9. The molecule has 29 heavy (non-hydrogen) atoms. The van der Waals surface area contributed by atoms with Crippen LogP contribution in [0.4, 0.5) is 0 Å². The summed E-state index contributed by atoms with van der Waals surface area (Å²) in [4.78, 5) is 0. The lowest BCUT2D eigenvalue weighted by atomic mass is 9.94. The van der Waals surface area contributed by atoms with E-state index in [1.165, 1.54) is 11.8 Å². The lowest BCUT2D eigenvalue weighted by Gasteiger charge is -2.40. The number of hydrogen-bond donors (Lipinski definition) is 4. The highest BCUT2D eigenvalue weighted by molar-refractivity contribution is 8.00. The molecule has 0 amide bonds. The Labute approximate surface area is 175 Å². The van der Waals surface area contributed by atoms with Gasteiger partial charge in [-0.15, -0.1) is 11.8 Å². The summed E-state index contributed by atoms with van der Waals surface area (Å²) in [6, 6.07) is 13.7. The normalized spacial score (nSPS) is 26.9. The van der Waals surface area contributed by atoms with Gasteiger partial charge in [0.05, 0.1) is 43.0 Å². The summed E-state index contributed by atoms with van der Waals surface area (Å²) < 4.78 is 11.0. The Hall–Kier alpha value is -1.77. The van der Waals surface area contributed by atoms with Crippen molar-refractivity contribution in [3.8, 4) is 11.5 Å². The fourth-order valence-corrected chi connectivity index (χ4v) is 5.02. The average Bonchev–Trinajstić information content (AvgIpc) is 2.74. The highest BCUT2D eigenvalue weighted by Crippen LogP contribution is 2.46. The van der Waals surface area contributed by atoms with Gasteiger partial charge in [-0.05, 0) is 42.7 Å². The number of thioether (sulfide) groups is 1. The number of hydrogen-bond acceptors (Lipinski definition) is 7. The second kappa shape index (κ2) is 9.82. The van der Waals surface area contributed by atoms with E-state index >= 15 is 0 Å². The third kappa shape index (κ3) is 4.87. The number of benzene rings is 2. The topological polar surface area (TPSA) is 99.4 Å². The summed E-state index contributed by atoms with van der Waals surface area (Å²) in [5.41, 5.74) is 2.88. The molecule has 1 fully saturated rings. The molecule has 4 N–H and O–H groups in total. The highest BCUT2D eigenvalue weighted by atomic mass is 32.2. The zero-order valence-electron chi connectivity index (χ0n) is 16.6. The van der Waals surface area contributed by atoms with Crippen molar-refractivity contribution in [1.82, 2.24) is 0 Å². The molecule has 0 bridgehead atoms. The number of methoxy groups -OCH3 is 1. The second-order valence-corrected chi connectivity index (χ2v) is 8.47. The Morgan fingerprint density at radius 3 is 2.24 bits per heavy atom. The molecule has 1 saturated heterocycles. The van der Waals surface area contributed by atoms with Crippen LogP contribution in [0, 0.1) is 0 Å². The van der Waals surface area contributed by atoms with Crippen LogP contribution in [-0.4, -0.2) is 64.3 Å². The molecular weight excluding hydrogens is 392 g/mol. The molecule has 0 aromatic heterocycles. The van der Waals surface area contributed by atoms with E-state index in [1.54, 1.807) is 7.11 Å². The van der Waals surface area contributed by atoms with Gasteiger partial charge in [-0.25, -0.2) is 0 Å². The van der Waals surface area contributed by atoms with E-state index in [9.17, 15) is 20.4 Å². The van der Waals surface area contributed by atoms with Crippen LogP contribution < -0.4 is 9.47 Å². The van der Waals surface area contributed by atoms with Crippen LogP contribution >= 0.6 is 11.8 Å². The molecule has 5 atom stereocenters. The van der Waals surface area contributed by atoms with Crippen molar-refractivity contribution < 1.29 is 29.9 Å². The van der Waals surface area contributed by atoms with Gasteiger partial charge in [0, 0.05) is 5.56 Å². The molecule has 0 spiro atoms. The predicted molar refractivity (Wildman–Crippen MR) is 113 cm³/mol. The minimum absolute atomic E-state index is 0.291. The SMILES string of the molecule is CCOc1ccc(Cc2ccc(OC)c([C@@H]3S[C@H](CO)[C@@H](O)[C@H](O)[C@H]3O)c2)cc1. The smallest absolute Gasteiger partial charge is 0.123 e. The summed E-state index contributed by atoms with van der Waals surface area (Å²) in [6.45, 7) is 2.28. The van der Waals surface area contributed by atoms with E-state index in [0.29, 0.717) is 18.8 Å². The maximum absolute atomic E-state index is 10.6. The molecule has 2 aromatic carbocycles. The van der Waals surface area contributed by atoms with Crippen molar-refractivity contribution in [2.75, 3.05) is 20.3 Å². The largest absolute Gasteiger partial charge is 0.496 e. The van der Waals surface area contributed by atoms with Gasteiger partial charge in [0.25, 0.3) is 0 Å². The van der Waals surface area contributed by atoms with Crippen LogP contribution in [-0.2, 0) is 6.42 Å². The van der Waals surface area contributed by atoms with Crippen molar-refractivity contribution in [3.05, 3.63) is 59.2 Å². The van der Waals surface area contributed by atoms with Gasteiger partial charge in [0.1, 0.15) is 17.6 Å². The predicted octanol–water partition coefficient (Wildman–Crippen LogP) is 1.92. The number of aliphatic hydroxyl groups is 4. The average molecular weight is 421 g/mol. The van der Waals surface area contributed by atoms with Crippen molar-refractivity contribution >= 4 is 11.8 Å².